The zero-order valence-corrected chi connectivity index (χ0v) is 15.1. The van der Waals surface area contributed by atoms with Crippen LogP contribution in [0.1, 0.15) is 23.4 Å². The molecule has 0 radical (unpaired) electrons. The largest absolute Gasteiger partial charge is 0.496 e. The molecule has 1 aromatic carbocycles. The Morgan fingerprint density at radius 1 is 1.24 bits per heavy atom. The van der Waals surface area contributed by atoms with E-state index in [1.807, 2.05) is 17.4 Å². The van der Waals surface area contributed by atoms with Gasteiger partial charge >= 0.3 is 0 Å². The zero-order valence-electron chi connectivity index (χ0n) is 11.9. The molecule has 0 aliphatic carbocycles. The fraction of sp³-hybridized carbons (Fsp3) is 0.250. The van der Waals surface area contributed by atoms with Crippen molar-refractivity contribution in [1.29, 1.82) is 0 Å². The van der Waals surface area contributed by atoms with Crippen LogP contribution in [0.2, 0.25) is 0 Å². The number of hydrogen-bond donors (Lipinski definition) is 1. The molecule has 3 aromatic rings. The molecule has 110 valence electrons. The van der Waals surface area contributed by atoms with Gasteiger partial charge in [-0.05, 0) is 57.7 Å². The lowest BCUT2D eigenvalue weighted by atomic mass is 10.1. The Bertz CT molecular complexity index is 721. The van der Waals surface area contributed by atoms with Gasteiger partial charge in [-0.1, -0.05) is 13.0 Å². The topological polar surface area (TPSA) is 21.3 Å². The Morgan fingerprint density at radius 2 is 2.10 bits per heavy atom. The highest BCUT2D eigenvalue weighted by Crippen LogP contribution is 2.37. The molecule has 1 N–H and O–H groups in total. The zero-order chi connectivity index (χ0) is 14.8. The van der Waals surface area contributed by atoms with E-state index in [2.05, 4.69) is 57.8 Å². The van der Waals surface area contributed by atoms with E-state index in [1.165, 1.54) is 19.8 Å². The number of thiophene rings is 2. The molecule has 3 rings (SSSR count). The van der Waals surface area contributed by atoms with Crippen LogP contribution in [0.3, 0.4) is 0 Å². The molecule has 0 bridgehead atoms. The Balaban J connectivity index is 2.00. The van der Waals surface area contributed by atoms with Crippen LogP contribution >= 0.6 is 38.6 Å². The maximum absolute atomic E-state index is 5.32. The van der Waals surface area contributed by atoms with E-state index in [-0.39, 0.29) is 6.04 Å². The van der Waals surface area contributed by atoms with Gasteiger partial charge < -0.3 is 10.1 Å². The standard InChI is InChI=1S/C16H16BrNOS2/c1-3-18-16(10-4-5-12(19-2)11(17)8-10)15-9-14-13(21-15)6-7-20-14/h4-9,16,18H,3H2,1-2H3. The lowest BCUT2D eigenvalue weighted by Crippen LogP contribution is -2.21. The van der Waals surface area contributed by atoms with Gasteiger partial charge in [-0.3, -0.25) is 0 Å². The van der Waals surface area contributed by atoms with Gasteiger partial charge in [-0.2, -0.15) is 0 Å². The average molecular weight is 382 g/mol. The van der Waals surface area contributed by atoms with Crippen molar-refractivity contribution in [1.82, 2.24) is 5.32 Å². The molecule has 0 fully saturated rings. The van der Waals surface area contributed by atoms with Crippen LogP contribution < -0.4 is 10.1 Å². The van der Waals surface area contributed by atoms with E-state index in [4.69, 9.17) is 4.74 Å². The SMILES string of the molecule is CCNC(c1ccc(OC)c(Br)c1)c1cc2sccc2s1. The summed E-state index contributed by atoms with van der Waals surface area (Å²) in [5.74, 6) is 0.862. The van der Waals surface area contributed by atoms with Gasteiger partial charge in [0.25, 0.3) is 0 Å². The predicted octanol–water partition coefficient (Wildman–Crippen LogP) is 5.43. The summed E-state index contributed by atoms with van der Waals surface area (Å²) >= 11 is 7.24. The van der Waals surface area contributed by atoms with Crippen LogP contribution in [0.5, 0.6) is 5.75 Å². The number of methoxy groups -OCH3 is 1. The third kappa shape index (κ3) is 3.01. The maximum atomic E-state index is 5.32. The minimum Gasteiger partial charge on any atom is -0.496 e. The summed E-state index contributed by atoms with van der Waals surface area (Å²) in [7, 11) is 1.69. The van der Waals surface area contributed by atoms with Gasteiger partial charge in [0.05, 0.1) is 17.6 Å². The van der Waals surface area contributed by atoms with Crippen LogP contribution in [-0.4, -0.2) is 13.7 Å². The smallest absolute Gasteiger partial charge is 0.133 e. The molecule has 2 aromatic heterocycles. The highest BCUT2D eigenvalue weighted by Gasteiger charge is 2.17. The number of hydrogen-bond acceptors (Lipinski definition) is 4. The lowest BCUT2D eigenvalue weighted by Gasteiger charge is -2.18. The minimum atomic E-state index is 0.224. The van der Waals surface area contributed by atoms with Crippen LogP contribution in [0.4, 0.5) is 0 Å². The van der Waals surface area contributed by atoms with E-state index in [1.54, 1.807) is 18.4 Å². The molecule has 1 atom stereocenters. The van der Waals surface area contributed by atoms with Crippen LogP contribution in [-0.2, 0) is 0 Å². The molecule has 2 heterocycles. The molecule has 5 heteroatoms. The summed E-state index contributed by atoms with van der Waals surface area (Å²) in [6, 6.07) is 11.0. The van der Waals surface area contributed by atoms with E-state index in [9.17, 15) is 0 Å². The first kappa shape index (κ1) is 15.0. The highest BCUT2D eigenvalue weighted by atomic mass is 79.9. The maximum Gasteiger partial charge on any atom is 0.133 e. The van der Waals surface area contributed by atoms with Crippen LogP contribution in [0.15, 0.2) is 40.2 Å². The molecule has 21 heavy (non-hydrogen) atoms. The second kappa shape index (κ2) is 6.48. The fourth-order valence-corrected chi connectivity index (χ4v) is 5.16. The third-order valence-electron chi connectivity index (χ3n) is 3.36. The number of halogens is 1. The molecule has 0 saturated heterocycles. The summed E-state index contributed by atoms with van der Waals surface area (Å²) < 4.78 is 9.04. The minimum absolute atomic E-state index is 0.224. The first-order valence-electron chi connectivity index (χ1n) is 6.76. The van der Waals surface area contributed by atoms with Crippen molar-refractivity contribution in [3.05, 3.63) is 50.6 Å². The number of benzene rings is 1. The molecule has 0 saturated carbocycles. The lowest BCUT2D eigenvalue weighted by molar-refractivity contribution is 0.412. The number of ether oxygens (including phenoxy) is 1. The summed E-state index contributed by atoms with van der Waals surface area (Å²) in [6.45, 7) is 3.07. The number of fused-ring (bicyclic) bond motifs is 1. The van der Waals surface area contributed by atoms with Crippen molar-refractivity contribution in [2.45, 2.75) is 13.0 Å². The quantitative estimate of drug-likeness (QED) is 0.635. The van der Waals surface area contributed by atoms with Crippen LogP contribution in [0, 0.1) is 0 Å². The summed E-state index contributed by atoms with van der Waals surface area (Å²) in [5.41, 5.74) is 1.25. The van der Waals surface area contributed by atoms with E-state index in [0.29, 0.717) is 0 Å². The molecule has 1 unspecified atom stereocenters. The Morgan fingerprint density at radius 3 is 2.76 bits per heavy atom. The van der Waals surface area contributed by atoms with Gasteiger partial charge in [0, 0.05) is 14.3 Å². The van der Waals surface area contributed by atoms with Crippen molar-refractivity contribution in [3.8, 4) is 5.75 Å². The first-order valence-corrected chi connectivity index (χ1v) is 9.25. The molecular weight excluding hydrogens is 366 g/mol. The van der Waals surface area contributed by atoms with Crippen LogP contribution in [0.25, 0.3) is 9.40 Å². The third-order valence-corrected chi connectivity index (χ3v) is 6.14. The summed E-state index contributed by atoms with van der Waals surface area (Å²) in [6.07, 6.45) is 0. The molecule has 0 aliphatic rings. The average Bonchev–Trinajstić information content (AvgIpc) is 3.05. The number of nitrogens with one attached hydrogen (secondary N) is 1. The Labute approximate surface area is 140 Å². The number of rotatable bonds is 5. The van der Waals surface area contributed by atoms with E-state index < -0.39 is 0 Å². The second-order valence-electron chi connectivity index (χ2n) is 4.68. The van der Waals surface area contributed by atoms with Gasteiger partial charge in [0.15, 0.2) is 0 Å². The molecule has 0 aliphatic heterocycles. The van der Waals surface area contributed by atoms with Crippen molar-refractivity contribution in [3.63, 3.8) is 0 Å². The highest BCUT2D eigenvalue weighted by molar-refractivity contribution is 9.10. The van der Waals surface area contributed by atoms with Gasteiger partial charge in [-0.15, -0.1) is 22.7 Å². The predicted molar refractivity (Wildman–Crippen MR) is 95.9 cm³/mol. The van der Waals surface area contributed by atoms with Gasteiger partial charge in [0.2, 0.25) is 0 Å². The van der Waals surface area contributed by atoms with E-state index in [0.717, 1.165) is 16.8 Å². The fourth-order valence-electron chi connectivity index (χ4n) is 2.38. The Hall–Kier alpha value is -0.880. The molecule has 0 spiro atoms. The van der Waals surface area contributed by atoms with Crippen molar-refractivity contribution in [2.75, 3.05) is 13.7 Å². The first-order chi connectivity index (χ1) is 10.2. The van der Waals surface area contributed by atoms with Gasteiger partial charge in [0.1, 0.15) is 5.75 Å². The molecule has 0 amide bonds. The Kier molecular flexibility index (Phi) is 4.64. The molecule has 2 nitrogen and oxygen atoms in total. The normalized spacial score (nSPS) is 12.7. The van der Waals surface area contributed by atoms with Gasteiger partial charge in [-0.25, -0.2) is 0 Å². The van der Waals surface area contributed by atoms with Crippen molar-refractivity contribution < 1.29 is 4.74 Å². The molecular formula is C16H16BrNOS2. The van der Waals surface area contributed by atoms with Crippen molar-refractivity contribution >= 4 is 48.0 Å². The summed E-state index contributed by atoms with van der Waals surface area (Å²) in [4.78, 5) is 1.36. The summed E-state index contributed by atoms with van der Waals surface area (Å²) in [5, 5.41) is 5.73. The van der Waals surface area contributed by atoms with Crippen molar-refractivity contribution in [2.24, 2.45) is 0 Å². The van der Waals surface area contributed by atoms with E-state index >= 15 is 0 Å². The monoisotopic (exact) mass is 381 g/mol. The second-order valence-corrected chi connectivity index (χ2v) is 7.60.